The number of hydrogen-bond acceptors (Lipinski definition) is 3. The van der Waals surface area contributed by atoms with Crippen molar-refractivity contribution in [2.45, 2.75) is 45.6 Å². The summed E-state index contributed by atoms with van der Waals surface area (Å²) < 4.78 is 4.92. The molecule has 164 valence electrons. The number of aryl methyl sites for hydroxylation is 1. The highest BCUT2D eigenvalue weighted by molar-refractivity contribution is 9.10. The van der Waals surface area contributed by atoms with Crippen LogP contribution in [0.2, 0.25) is 0 Å². The summed E-state index contributed by atoms with van der Waals surface area (Å²) in [6.45, 7) is 7.07. The van der Waals surface area contributed by atoms with E-state index >= 15 is 0 Å². The lowest BCUT2D eigenvalue weighted by Crippen LogP contribution is -2.73. The minimum atomic E-state index is -0.804. The second-order valence-corrected chi connectivity index (χ2v) is 11.1. The SMILES string of the molecule is Cn1c(C2CC3(C2)CN(C(=O)O)C3C(C)(C)C)nc(Br)c1-c1ccc2c(cnn2C)c1. The van der Waals surface area contributed by atoms with Gasteiger partial charge in [0.2, 0.25) is 0 Å². The summed E-state index contributed by atoms with van der Waals surface area (Å²) in [6.07, 6.45) is 3.05. The molecule has 5 rings (SSSR count). The summed E-state index contributed by atoms with van der Waals surface area (Å²) >= 11 is 3.69. The molecule has 3 aromatic rings. The molecular weight excluding hydrogens is 458 g/mol. The number of hydrogen-bond donors (Lipinski definition) is 1. The van der Waals surface area contributed by atoms with E-state index in [4.69, 9.17) is 4.98 Å². The van der Waals surface area contributed by atoms with E-state index < -0.39 is 6.09 Å². The molecule has 1 saturated heterocycles. The van der Waals surface area contributed by atoms with Gasteiger partial charge in [-0.05, 0) is 46.3 Å². The standard InChI is InChI=1S/C23H28BrN5O2/c1-22(2,3)20-23(12-29(20)21(30)31)9-15(10-23)19-26-18(24)17(27(19)4)13-6-7-16-14(8-13)11-25-28(16)5/h6-8,11,15,20H,9-10,12H2,1-5H3,(H,30,31). The summed E-state index contributed by atoms with van der Waals surface area (Å²) in [5.74, 6) is 1.41. The fraction of sp³-hybridized carbons (Fsp3) is 0.522. The maximum absolute atomic E-state index is 11.7. The number of benzene rings is 1. The third kappa shape index (κ3) is 2.94. The van der Waals surface area contributed by atoms with Crippen LogP contribution in [0.15, 0.2) is 29.0 Å². The van der Waals surface area contributed by atoms with Gasteiger partial charge < -0.3 is 14.6 Å². The van der Waals surface area contributed by atoms with Gasteiger partial charge in [0, 0.05) is 49.0 Å². The van der Waals surface area contributed by atoms with E-state index in [0.717, 1.165) is 45.4 Å². The van der Waals surface area contributed by atoms with Gasteiger partial charge in [0.05, 0.1) is 17.4 Å². The van der Waals surface area contributed by atoms with Crippen LogP contribution in [0.25, 0.3) is 22.2 Å². The smallest absolute Gasteiger partial charge is 0.407 e. The van der Waals surface area contributed by atoms with Crippen LogP contribution in [-0.4, -0.2) is 48.0 Å². The first-order valence-corrected chi connectivity index (χ1v) is 11.4. The fourth-order valence-electron chi connectivity index (χ4n) is 6.23. The number of fused-ring (bicyclic) bond motifs is 1. The molecule has 1 aliphatic heterocycles. The lowest BCUT2D eigenvalue weighted by atomic mass is 9.48. The molecule has 3 heterocycles. The highest BCUT2D eigenvalue weighted by atomic mass is 79.9. The van der Waals surface area contributed by atoms with Gasteiger partial charge in [-0.2, -0.15) is 5.10 Å². The lowest BCUT2D eigenvalue weighted by molar-refractivity contribution is -0.159. The second-order valence-electron chi connectivity index (χ2n) is 10.4. The predicted octanol–water partition coefficient (Wildman–Crippen LogP) is 5.01. The van der Waals surface area contributed by atoms with Gasteiger partial charge in [0.15, 0.2) is 0 Å². The molecule has 7 nitrogen and oxygen atoms in total. The Morgan fingerprint density at radius 3 is 2.61 bits per heavy atom. The number of carboxylic acid groups (broad SMARTS) is 1. The summed E-state index contributed by atoms with van der Waals surface area (Å²) in [5, 5.41) is 15.0. The van der Waals surface area contributed by atoms with E-state index in [1.54, 1.807) is 4.90 Å². The fourth-order valence-corrected chi connectivity index (χ4v) is 6.90. The van der Waals surface area contributed by atoms with Crippen molar-refractivity contribution in [1.82, 2.24) is 24.2 Å². The molecule has 1 N–H and O–H groups in total. The van der Waals surface area contributed by atoms with Crippen molar-refractivity contribution in [3.8, 4) is 11.3 Å². The zero-order chi connectivity index (χ0) is 22.3. The molecule has 8 heteroatoms. The van der Waals surface area contributed by atoms with Crippen molar-refractivity contribution >= 4 is 32.9 Å². The Labute approximate surface area is 190 Å². The zero-order valence-corrected chi connectivity index (χ0v) is 20.1. The molecule has 1 spiro atoms. The van der Waals surface area contributed by atoms with E-state index in [1.807, 2.05) is 17.9 Å². The van der Waals surface area contributed by atoms with Crippen molar-refractivity contribution in [2.24, 2.45) is 24.9 Å². The Hall–Kier alpha value is -2.35. The molecule has 2 fully saturated rings. The summed E-state index contributed by atoms with van der Waals surface area (Å²) in [6, 6.07) is 6.43. The van der Waals surface area contributed by atoms with Crippen LogP contribution < -0.4 is 0 Å². The van der Waals surface area contributed by atoms with Crippen LogP contribution in [-0.2, 0) is 14.1 Å². The van der Waals surface area contributed by atoms with Gasteiger partial charge >= 0.3 is 6.09 Å². The highest BCUT2D eigenvalue weighted by Gasteiger charge is 2.64. The molecule has 1 atom stereocenters. The van der Waals surface area contributed by atoms with Crippen molar-refractivity contribution in [1.29, 1.82) is 0 Å². The molecule has 1 aliphatic carbocycles. The van der Waals surface area contributed by atoms with E-state index in [-0.39, 0.29) is 16.9 Å². The number of likely N-dealkylation sites (tertiary alicyclic amines) is 1. The third-order valence-corrected chi connectivity index (χ3v) is 7.77. The Bertz CT molecular complexity index is 1200. The Balaban J connectivity index is 1.43. The first-order chi connectivity index (χ1) is 14.5. The van der Waals surface area contributed by atoms with Crippen LogP contribution in [0.1, 0.15) is 45.4 Å². The van der Waals surface area contributed by atoms with E-state index in [1.165, 1.54) is 0 Å². The molecule has 1 saturated carbocycles. The zero-order valence-electron chi connectivity index (χ0n) is 18.6. The third-order valence-electron chi connectivity index (χ3n) is 7.22. The first kappa shape index (κ1) is 20.5. The summed E-state index contributed by atoms with van der Waals surface area (Å²) in [4.78, 5) is 18.2. The minimum absolute atomic E-state index is 0.0601. The molecule has 2 aromatic heterocycles. The molecule has 0 bridgehead atoms. The number of imidazole rings is 1. The quantitative estimate of drug-likeness (QED) is 0.553. The van der Waals surface area contributed by atoms with Crippen LogP contribution in [0.5, 0.6) is 0 Å². The molecular formula is C23H28BrN5O2. The monoisotopic (exact) mass is 485 g/mol. The normalized spacial score (nSPS) is 25.7. The van der Waals surface area contributed by atoms with Crippen molar-refractivity contribution in [3.63, 3.8) is 0 Å². The average molecular weight is 486 g/mol. The molecule has 31 heavy (non-hydrogen) atoms. The van der Waals surface area contributed by atoms with Crippen molar-refractivity contribution in [2.75, 3.05) is 6.54 Å². The second kappa shape index (κ2) is 6.58. The van der Waals surface area contributed by atoms with Gasteiger partial charge in [0.1, 0.15) is 10.4 Å². The molecule has 0 radical (unpaired) electrons. The number of rotatable bonds is 2. The molecule has 1 aromatic carbocycles. The van der Waals surface area contributed by atoms with E-state index in [0.29, 0.717) is 12.5 Å². The first-order valence-electron chi connectivity index (χ1n) is 10.7. The summed E-state index contributed by atoms with van der Waals surface area (Å²) in [5.41, 5.74) is 3.28. The number of nitrogens with zero attached hydrogens (tertiary/aromatic N) is 5. The maximum Gasteiger partial charge on any atom is 0.407 e. The Morgan fingerprint density at radius 2 is 1.97 bits per heavy atom. The number of carbonyl (C=O) groups is 1. The number of amides is 1. The van der Waals surface area contributed by atoms with Gasteiger partial charge in [-0.15, -0.1) is 0 Å². The van der Waals surface area contributed by atoms with Gasteiger partial charge in [0.25, 0.3) is 0 Å². The largest absolute Gasteiger partial charge is 0.465 e. The van der Waals surface area contributed by atoms with Crippen LogP contribution >= 0.6 is 15.9 Å². The highest BCUT2D eigenvalue weighted by Crippen LogP contribution is 2.63. The van der Waals surface area contributed by atoms with Crippen LogP contribution in [0.4, 0.5) is 4.79 Å². The van der Waals surface area contributed by atoms with E-state index in [2.05, 4.69) is 71.6 Å². The van der Waals surface area contributed by atoms with Crippen molar-refractivity contribution < 1.29 is 9.90 Å². The minimum Gasteiger partial charge on any atom is -0.465 e. The Morgan fingerprint density at radius 1 is 1.26 bits per heavy atom. The molecule has 2 aliphatic rings. The Kier molecular flexibility index (Phi) is 4.36. The number of aromatic nitrogens is 4. The van der Waals surface area contributed by atoms with Gasteiger partial charge in [-0.3, -0.25) is 4.68 Å². The maximum atomic E-state index is 11.7. The van der Waals surface area contributed by atoms with Gasteiger partial charge in [-0.1, -0.05) is 26.8 Å². The van der Waals surface area contributed by atoms with Crippen molar-refractivity contribution in [3.05, 3.63) is 34.8 Å². The predicted molar refractivity (Wildman–Crippen MR) is 123 cm³/mol. The molecule has 1 amide bonds. The topological polar surface area (TPSA) is 76.2 Å². The van der Waals surface area contributed by atoms with E-state index in [9.17, 15) is 9.90 Å². The van der Waals surface area contributed by atoms with Gasteiger partial charge in [-0.25, -0.2) is 9.78 Å². The van der Waals surface area contributed by atoms with Crippen LogP contribution in [0, 0.1) is 10.8 Å². The molecule has 1 unspecified atom stereocenters. The van der Waals surface area contributed by atoms with Crippen LogP contribution in [0.3, 0.4) is 0 Å². The average Bonchev–Trinajstić information content (AvgIpc) is 3.11. The summed E-state index contributed by atoms with van der Waals surface area (Å²) in [7, 11) is 4.02. The number of halogens is 1. The lowest BCUT2D eigenvalue weighted by Gasteiger charge is -2.67.